The quantitative estimate of drug-likeness (QED) is 0.745. The molecular formula is C14H20O. The first-order valence-corrected chi connectivity index (χ1v) is 5.26. The van der Waals surface area contributed by atoms with Gasteiger partial charge in [0.15, 0.2) is 0 Å². The van der Waals surface area contributed by atoms with E-state index in [1.54, 1.807) is 0 Å². The first-order chi connectivity index (χ1) is 6.85. The third kappa shape index (κ3) is 2.48. The Morgan fingerprint density at radius 1 is 1.27 bits per heavy atom. The van der Waals surface area contributed by atoms with Crippen LogP contribution >= 0.6 is 0 Å². The lowest BCUT2D eigenvalue weighted by Gasteiger charge is -2.31. The van der Waals surface area contributed by atoms with Crippen LogP contribution in [-0.4, -0.2) is 5.11 Å². The Bertz CT molecular complexity index is 346. The minimum absolute atomic E-state index is 0.282. The van der Waals surface area contributed by atoms with Crippen molar-refractivity contribution in [2.45, 2.75) is 33.8 Å². The lowest BCUT2D eigenvalue weighted by atomic mass is 9.77. The summed E-state index contributed by atoms with van der Waals surface area (Å²) in [7, 11) is 0. The Balaban J connectivity index is 2.99. The predicted octanol–water partition coefficient (Wildman–Crippen LogP) is 3.63. The molecule has 0 aromatic heterocycles. The molecule has 0 saturated carbocycles. The minimum Gasteiger partial charge on any atom is -0.388 e. The molecule has 1 N–H and O–H groups in total. The van der Waals surface area contributed by atoms with Crippen LogP contribution in [0.15, 0.2) is 36.4 Å². The lowest BCUT2D eigenvalue weighted by molar-refractivity contribution is 0.0746. The monoisotopic (exact) mass is 204 g/mol. The fraction of sp³-hybridized carbons (Fsp3) is 0.429. The summed E-state index contributed by atoms with van der Waals surface area (Å²) in [6, 6.07) is 8.00. The molecule has 1 aromatic carbocycles. The van der Waals surface area contributed by atoms with Gasteiger partial charge in [0.05, 0.1) is 6.10 Å². The van der Waals surface area contributed by atoms with Crippen molar-refractivity contribution in [3.8, 4) is 0 Å². The van der Waals surface area contributed by atoms with E-state index in [0.29, 0.717) is 0 Å². The van der Waals surface area contributed by atoms with Gasteiger partial charge in [-0.15, -0.1) is 0 Å². The van der Waals surface area contributed by atoms with Gasteiger partial charge in [-0.05, 0) is 19.4 Å². The SMILES string of the molecule is C=C(C)C(C)(C)C(O)c1ccc(C)cc1. The Hall–Kier alpha value is -1.08. The van der Waals surface area contributed by atoms with E-state index in [9.17, 15) is 5.11 Å². The standard InChI is InChI=1S/C14H20O/c1-10(2)14(4,5)13(15)12-8-6-11(3)7-9-12/h6-9,13,15H,1H2,2-5H3. The maximum Gasteiger partial charge on any atom is 0.0877 e. The molecular weight excluding hydrogens is 184 g/mol. The molecule has 0 aliphatic heterocycles. The van der Waals surface area contributed by atoms with Crippen LogP contribution in [0.1, 0.15) is 38.0 Å². The van der Waals surface area contributed by atoms with Gasteiger partial charge in [0.25, 0.3) is 0 Å². The molecule has 0 heterocycles. The molecule has 1 atom stereocenters. The zero-order valence-corrected chi connectivity index (χ0v) is 10.0. The van der Waals surface area contributed by atoms with Gasteiger partial charge in [-0.2, -0.15) is 0 Å². The molecule has 0 saturated heterocycles. The molecule has 15 heavy (non-hydrogen) atoms. The van der Waals surface area contributed by atoms with E-state index in [1.165, 1.54) is 5.56 Å². The summed E-state index contributed by atoms with van der Waals surface area (Å²) < 4.78 is 0. The molecule has 0 spiro atoms. The molecule has 0 fully saturated rings. The number of rotatable bonds is 3. The van der Waals surface area contributed by atoms with Gasteiger partial charge in [-0.25, -0.2) is 0 Å². The zero-order valence-electron chi connectivity index (χ0n) is 10.0. The molecule has 0 aliphatic rings. The van der Waals surface area contributed by atoms with Gasteiger partial charge in [-0.3, -0.25) is 0 Å². The number of hydrogen-bond acceptors (Lipinski definition) is 1. The maximum absolute atomic E-state index is 10.2. The van der Waals surface area contributed by atoms with Gasteiger partial charge >= 0.3 is 0 Å². The molecule has 1 unspecified atom stereocenters. The summed E-state index contributed by atoms with van der Waals surface area (Å²) in [6.07, 6.45) is -0.490. The first-order valence-electron chi connectivity index (χ1n) is 5.26. The summed E-state index contributed by atoms with van der Waals surface area (Å²) in [5.74, 6) is 0. The van der Waals surface area contributed by atoms with Gasteiger partial charge in [0, 0.05) is 5.41 Å². The van der Waals surface area contributed by atoms with Crippen molar-refractivity contribution in [1.29, 1.82) is 0 Å². The molecule has 1 heteroatoms. The van der Waals surface area contributed by atoms with Gasteiger partial charge in [-0.1, -0.05) is 55.8 Å². The molecule has 0 bridgehead atoms. The van der Waals surface area contributed by atoms with Crippen molar-refractivity contribution in [3.05, 3.63) is 47.5 Å². The van der Waals surface area contributed by atoms with E-state index in [1.807, 2.05) is 52.0 Å². The van der Waals surface area contributed by atoms with Crippen molar-refractivity contribution in [1.82, 2.24) is 0 Å². The summed E-state index contributed by atoms with van der Waals surface area (Å²) >= 11 is 0. The number of aryl methyl sites for hydroxylation is 1. The van der Waals surface area contributed by atoms with E-state index in [4.69, 9.17) is 0 Å². The summed E-state index contributed by atoms with van der Waals surface area (Å²) in [6.45, 7) is 12.0. The van der Waals surface area contributed by atoms with Crippen LogP contribution in [0.2, 0.25) is 0 Å². The number of hydrogen-bond donors (Lipinski definition) is 1. The predicted molar refractivity (Wildman–Crippen MR) is 64.7 cm³/mol. The largest absolute Gasteiger partial charge is 0.388 e. The highest BCUT2D eigenvalue weighted by atomic mass is 16.3. The zero-order chi connectivity index (χ0) is 11.6. The van der Waals surface area contributed by atoms with Crippen molar-refractivity contribution in [2.75, 3.05) is 0 Å². The molecule has 1 nitrogen and oxygen atoms in total. The Morgan fingerprint density at radius 3 is 2.13 bits per heavy atom. The number of aliphatic hydroxyl groups is 1. The Kier molecular flexibility index (Phi) is 3.35. The molecule has 1 aromatic rings. The van der Waals surface area contributed by atoms with Gasteiger partial charge < -0.3 is 5.11 Å². The van der Waals surface area contributed by atoms with Crippen LogP contribution in [0.3, 0.4) is 0 Å². The molecule has 1 rings (SSSR count). The second-order valence-corrected chi connectivity index (χ2v) is 4.82. The summed E-state index contributed by atoms with van der Waals surface area (Å²) in [5.41, 5.74) is 2.87. The van der Waals surface area contributed by atoms with Gasteiger partial charge in [0.1, 0.15) is 0 Å². The van der Waals surface area contributed by atoms with Gasteiger partial charge in [0.2, 0.25) is 0 Å². The van der Waals surface area contributed by atoms with Crippen molar-refractivity contribution in [3.63, 3.8) is 0 Å². The van der Waals surface area contributed by atoms with Crippen LogP contribution in [0, 0.1) is 12.3 Å². The number of aliphatic hydroxyl groups excluding tert-OH is 1. The smallest absolute Gasteiger partial charge is 0.0877 e. The van der Waals surface area contributed by atoms with E-state index in [2.05, 4.69) is 6.58 Å². The highest BCUT2D eigenvalue weighted by Gasteiger charge is 2.29. The number of benzene rings is 1. The lowest BCUT2D eigenvalue weighted by Crippen LogP contribution is -2.22. The van der Waals surface area contributed by atoms with E-state index >= 15 is 0 Å². The van der Waals surface area contributed by atoms with Crippen LogP contribution < -0.4 is 0 Å². The first kappa shape index (κ1) is 12.0. The summed E-state index contributed by atoms with van der Waals surface area (Å²) in [4.78, 5) is 0. The van der Waals surface area contributed by atoms with Crippen molar-refractivity contribution < 1.29 is 5.11 Å². The van der Waals surface area contributed by atoms with Crippen molar-refractivity contribution >= 4 is 0 Å². The molecule has 0 aliphatic carbocycles. The van der Waals surface area contributed by atoms with E-state index < -0.39 is 6.10 Å². The average molecular weight is 204 g/mol. The fourth-order valence-corrected chi connectivity index (χ4v) is 1.40. The normalized spacial score (nSPS) is 13.7. The average Bonchev–Trinajstić information content (AvgIpc) is 2.17. The fourth-order valence-electron chi connectivity index (χ4n) is 1.40. The Labute approximate surface area is 92.5 Å². The van der Waals surface area contributed by atoms with Crippen LogP contribution in [0.25, 0.3) is 0 Å². The highest BCUT2D eigenvalue weighted by Crippen LogP contribution is 2.38. The van der Waals surface area contributed by atoms with Crippen LogP contribution in [-0.2, 0) is 0 Å². The van der Waals surface area contributed by atoms with Crippen LogP contribution in [0.5, 0.6) is 0 Å². The second-order valence-electron chi connectivity index (χ2n) is 4.82. The van der Waals surface area contributed by atoms with Crippen LogP contribution in [0.4, 0.5) is 0 Å². The maximum atomic E-state index is 10.2. The third-order valence-electron chi connectivity index (χ3n) is 3.18. The second kappa shape index (κ2) is 4.19. The molecule has 0 amide bonds. The van der Waals surface area contributed by atoms with Crippen molar-refractivity contribution in [2.24, 2.45) is 5.41 Å². The molecule has 82 valence electrons. The van der Waals surface area contributed by atoms with E-state index in [0.717, 1.165) is 11.1 Å². The van der Waals surface area contributed by atoms with E-state index in [-0.39, 0.29) is 5.41 Å². The summed E-state index contributed by atoms with van der Waals surface area (Å²) in [5, 5.41) is 10.2. The topological polar surface area (TPSA) is 20.2 Å². The highest BCUT2D eigenvalue weighted by molar-refractivity contribution is 5.26. The molecule has 0 radical (unpaired) electrons. The minimum atomic E-state index is -0.490. The third-order valence-corrected chi connectivity index (χ3v) is 3.18. The Morgan fingerprint density at radius 2 is 1.73 bits per heavy atom.